The predicted octanol–water partition coefficient (Wildman–Crippen LogP) is 3.28. The summed E-state index contributed by atoms with van der Waals surface area (Å²) in [5.41, 5.74) is 1.37. The quantitative estimate of drug-likeness (QED) is 0.901. The standard InChI is InChI=1S/C15H16FN5/c1-4-18-14-9(2)15(20-10(3)19-14)21-13-6-5-11(8-17)7-12(13)16/h5-7H,4H2,1-3H3,(H2,18,19,20,21). The Morgan fingerprint density at radius 2 is 1.95 bits per heavy atom. The molecule has 108 valence electrons. The number of hydrogen-bond donors (Lipinski definition) is 2. The van der Waals surface area contributed by atoms with Crippen LogP contribution in [0.1, 0.15) is 23.9 Å². The summed E-state index contributed by atoms with van der Waals surface area (Å²) in [5.74, 6) is 1.37. The van der Waals surface area contributed by atoms with Gasteiger partial charge in [-0.05, 0) is 39.0 Å². The van der Waals surface area contributed by atoms with Gasteiger partial charge in [0.2, 0.25) is 0 Å². The molecule has 0 amide bonds. The van der Waals surface area contributed by atoms with Crippen LogP contribution in [0, 0.1) is 31.0 Å². The minimum Gasteiger partial charge on any atom is -0.370 e. The molecule has 21 heavy (non-hydrogen) atoms. The molecular weight excluding hydrogens is 269 g/mol. The zero-order chi connectivity index (χ0) is 15.4. The topological polar surface area (TPSA) is 73.6 Å². The molecule has 2 rings (SSSR count). The first kappa shape index (κ1) is 14.7. The van der Waals surface area contributed by atoms with E-state index in [1.807, 2.05) is 19.9 Å². The Hall–Kier alpha value is -2.68. The second-order valence-electron chi connectivity index (χ2n) is 4.55. The van der Waals surface area contributed by atoms with Gasteiger partial charge in [-0.2, -0.15) is 5.26 Å². The van der Waals surface area contributed by atoms with Gasteiger partial charge in [0.05, 0.1) is 17.3 Å². The van der Waals surface area contributed by atoms with E-state index in [1.165, 1.54) is 12.1 Å². The Bertz CT molecular complexity index is 706. The van der Waals surface area contributed by atoms with Gasteiger partial charge in [0.1, 0.15) is 23.3 Å². The Morgan fingerprint density at radius 1 is 1.24 bits per heavy atom. The number of nitriles is 1. The van der Waals surface area contributed by atoms with E-state index in [1.54, 1.807) is 13.0 Å². The fourth-order valence-corrected chi connectivity index (χ4v) is 1.90. The molecule has 1 aromatic heterocycles. The molecule has 0 unspecified atom stereocenters. The Labute approximate surface area is 122 Å². The van der Waals surface area contributed by atoms with E-state index < -0.39 is 5.82 Å². The molecule has 0 aliphatic carbocycles. The molecule has 0 saturated heterocycles. The normalized spacial score (nSPS) is 10.0. The molecule has 5 nitrogen and oxygen atoms in total. The lowest BCUT2D eigenvalue weighted by molar-refractivity contribution is 0.631. The summed E-state index contributed by atoms with van der Waals surface area (Å²) in [5, 5.41) is 14.9. The molecule has 0 saturated carbocycles. The van der Waals surface area contributed by atoms with Crippen molar-refractivity contribution in [2.75, 3.05) is 17.2 Å². The highest BCUT2D eigenvalue weighted by Gasteiger charge is 2.11. The average molecular weight is 285 g/mol. The van der Waals surface area contributed by atoms with E-state index in [4.69, 9.17) is 5.26 Å². The van der Waals surface area contributed by atoms with Crippen LogP contribution in [0.4, 0.5) is 21.7 Å². The van der Waals surface area contributed by atoms with Crippen LogP contribution in [0.3, 0.4) is 0 Å². The van der Waals surface area contributed by atoms with Crippen molar-refractivity contribution in [1.29, 1.82) is 5.26 Å². The molecule has 0 radical (unpaired) electrons. The number of nitrogens with one attached hydrogen (secondary N) is 2. The predicted molar refractivity (Wildman–Crippen MR) is 80.1 cm³/mol. The minimum atomic E-state index is -0.491. The Morgan fingerprint density at radius 3 is 2.57 bits per heavy atom. The maximum atomic E-state index is 13.9. The SMILES string of the molecule is CCNc1nc(C)nc(Nc2ccc(C#N)cc2F)c1C. The highest BCUT2D eigenvalue weighted by Crippen LogP contribution is 2.25. The third-order valence-electron chi connectivity index (χ3n) is 2.95. The number of rotatable bonds is 4. The molecule has 2 N–H and O–H groups in total. The minimum absolute atomic E-state index is 0.276. The zero-order valence-electron chi connectivity index (χ0n) is 12.2. The lowest BCUT2D eigenvalue weighted by Gasteiger charge is -2.14. The summed E-state index contributed by atoms with van der Waals surface area (Å²) in [4.78, 5) is 8.62. The highest BCUT2D eigenvalue weighted by molar-refractivity contribution is 5.65. The third kappa shape index (κ3) is 3.26. The maximum absolute atomic E-state index is 13.9. The first-order chi connectivity index (χ1) is 10.0. The van der Waals surface area contributed by atoms with Crippen LogP contribution in [0.5, 0.6) is 0 Å². The lowest BCUT2D eigenvalue weighted by Crippen LogP contribution is -2.08. The smallest absolute Gasteiger partial charge is 0.147 e. The molecular formula is C15H16FN5. The molecule has 0 fully saturated rings. The summed E-state index contributed by atoms with van der Waals surface area (Å²) in [6.45, 7) is 6.36. The molecule has 0 aliphatic rings. The van der Waals surface area contributed by atoms with E-state index in [0.29, 0.717) is 11.6 Å². The lowest BCUT2D eigenvalue weighted by atomic mass is 10.2. The summed E-state index contributed by atoms with van der Waals surface area (Å²) in [6, 6.07) is 6.17. The summed E-state index contributed by atoms with van der Waals surface area (Å²) in [7, 11) is 0. The van der Waals surface area contributed by atoms with Crippen molar-refractivity contribution in [2.45, 2.75) is 20.8 Å². The van der Waals surface area contributed by atoms with Gasteiger partial charge in [-0.3, -0.25) is 0 Å². The third-order valence-corrected chi connectivity index (χ3v) is 2.95. The molecule has 0 atom stereocenters. The van der Waals surface area contributed by atoms with Gasteiger partial charge in [-0.25, -0.2) is 14.4 Å². The van der Waals surface area contributed by atoms with Gasteiger partial charge in [-0.15, -0.1) is 0 Å². The van der Waals surface area contributed by atoms with Crippen LogP contribution < -0.4 is 10.6 Å². The first-order valence-electron chi connectivity index (χ1n) is 6.61. The van der Waals surface area contributed by atoms with Gasteiger partial charge in [0.15, 0.2) is 0 Å². The molecule has 0 spiro atoms. The van der Waals surface area contributed by atoms with Crippen LogP contribution in [0.25, 0.3) is 0 Å². The molecule has 6 heteroatoms. The van der Waals surface area contributed by atoms with E-state index in [-0.39, 0.29) is 11.3 Å². The van der Waals surface area contributed by atoms with E-state index in [2.05, 4.69) is 20.6 Å². The molecule has 1 aromatic carbocycles. The number of anilines is 3. The number of aryl methyl sites for hydroxylation is 1. The van der Waals surface area contributed by atoms with Crippen molar-refractivity contribution >= 4 is 17.3 Å². The van der Waals surface area contributed by atoms with Crippen molar-refractivity contribution in [3.05, 3.63) is 41.0 Å². The van der Waals surface area contributed by atoms with Crippen LogP contribution in [0.2, 0.25) is 0 Å². The molecule has 1 heterocycles. The number of halogens is 1. The molecule has 2 aromatic rings. The zero-order valence-corrected chi connectivity index (χ0v) is 12.2. The fourth-order valence-electron chi connectivity index (χ4n) is 1.90. The summed E-state index contributed by atoms with van der Waals surface area (Å²) in [6.07, 6.45) is 0. The van der Waals surface area contributed by atoms with Crippen LogP contribution in [-0.4, -0.2) is 16.5 Å². The average Bonchev–Trinajstić information content (AvgIpc) is 2.46. The maximum Gasteiger partial charge on any atom is 0.147 e. The van der Waals surface area contributed by atoms with Crippen LogP contribution >= 0.6 is 0 Å². The van der Waals surface area contributed by atoms with Crippen molar-refractivity contribution in [3.63, 3.8) is 0 Å². The van der Waals surface area contributed by atoms with Crippen molar-refractivity contribution in [1.82, 2.24) is 9.97 Å². The molecule has 0 bridgehead atoms. The van der Waals surface area contributed by atoms with Gasteiger partial charge >= 0.3 is 0 Å². The van der Waals surface area contributed by atoms with Crippen molar-refractivity contribution < 1.29 is 4.39 Å². The molecule has 0 aliphatic heterocycles. The summed E-state index contributed by atoms with van der Waals surface area (Å²) < 4.78 is 13.9. The highest BCUT2D eigenvalue weighted by atomic mass is 19.1. The van der Waals surface area contributed by atoms with Gasteiger partial charge in [-0.1, -0.05) is 0 Å². The summed E-state index contributed by atoms with van der Waals surface area (Å²) >= 11 is 0. The van der Waals surface area contributed by atoms with E-state index >= 15 is 0 Å². The van der Waals surface area contributed by atoms with E-state index in [9.17, 15) is 4.39 Å². The van der Waals surface area contributed by atoms with Gasteiger partial charge in [0.25, 0.3) is 0 Å². The monoisotopic (exact) mass is 285 g/mol. The van der Waals surface area contributed by atoms with Crippen molar-refractivity contribution in [2.24, 2.45) is 0 Å². The van der Waals surface area contributed by atoms with E-state index in [0.717, 1.165) is 17.9 Å². The number of benzene rings is 1. The Kier molecular flexibility index (Phi) is 4.33. The van der Waals surface area contributed by atoms with Crippen LogP contribution in [0.15, 0.2) is 18.2 Å². The number of aromatic nitrogens is 2. The largest absolute Gasteiger partial charge is 0.370 e. The fraction of sp³-hybridized carbons (Fsp3) is 0.267. The number of nitrogens with zero attached hydrogens (tertiary/aromatic N) is 3. The Balaban J connectivity index is 2.38. The second-order valence-corrected chi connectivity index (χ2v) is 4.55. The van der Waals surface area contributed by atoms with Gasteiger partial charge in [0, 0.05) is 12.1 Å². The van der Waals surface area contributed by atoms with Gasteiger partial charge < -0.3 is 10.6 Å². The van der Waals surface area contributed by atoms with Crippen LogP contribution in [-0.2, 0) is 0 Å². The van der Waals surface area contributed by atoms with Crippen molar-refractivity contribution in [3.8, 4) is 6.07 Å². The number of hydrogen-bond acceptors (Lipinski definition) is 5. The first-order valence-corrected chi connectivity index (χ1v) is 6.61. The second kappa shape index (κ2) is 6.18.